The number of benzene rings is 3. The van der Waals surface area contributed by atoms with Gasteiger partial charge in [0.2, 0.25) is 5.91 Å². The largest absolute Gasteiger partial charge is 0.480 e. The Morgan fingerprint density at radius 1 is 0.975 bits per heavy atom. The van der Waals surface area contributed by atoms with Crippen molar-refractivity contribution in [3.8, 4) is 11.1 Å². The predicted octanol–water partition coefficient (Wildman–Crippen LogP) is 3.81. The zero-order chi connectivity index (χ0) is 28.1. The quantitative estimate of drug-likeness (QED) is 0.421. The summed E-state index contributed by atoms with van der Waals surface area (Å²) in [5.74, 6) is -1.88. The van der Waals surface area contributed by atoms with Gasteiger partial charge in [-0.1, -0.05) is 78.9 Å². The highest BCUT2D eigenvalue weighted by Crippen LogP contribution is 2.44. The molecule has 3 aromatic carbocycles. The predicted molar refractivity (Wildman–Crippen MR) is 147 cm³/mol. The second-order valence-electron chi connectivity index (χ2n) is 9.91. The van der Waals surface area contributed by atoms with Gasteiger partial charge in [0, 0.05) is 12.5 Å². The van der Waals surface area contributed by atoms with Crippen molar-refractivity contribution < 1.29 is 33.7 Å². The first-order chi connectivity index (χ1) is 19.4. The number of morpholine rings is 1. The first-order valence-corrected chi connectivity index (χ1v) is 13.3. The van der Waals surface area contributed by atoms with Crippen molar-refractivity contribution in [3.05, 3.63) is 95.6 Å². The van der Waals surface area contributed by atoms with Gasteiger partial charge in [-0.15, -0.1) is 0 Å². The Bertz CT molecular complexity index is 1320. The molecule has 3 atom stereocenters. The lowest BCUT2D eigenvalue weighted by molar-refractivity contribution is -0.161. The summed E-state index contributed by atoms with van der Waals surface area (Å²) >= 11 is 0. The van der Waals surface area contributed by atoms with Crippen molar-refractivity contribution in [2.24, 2.45) is 0 Å². The average Bonchev–Trinajstić information content (AvgIpc) is 3.31. The maximum atomic E-state index is 13.6. The lowest BCUT2D eigenvalue weighted by Gasteiger charge is -2.36. The number of hydrogen-bond donors (Lipinski definition) is 2. The van der Waals surface area contributed by atoms with Crippen LogP contribution in [0.2, 0.25) is 0 Å². The maximum absolute atomic E-state index is 13.6. The molecule has 9 nitrogen and oxygen atoms in total. The van der Waals surface area contributed by atoms with Gasteiger partial charge in [0.05, 0.1) is 25.9 Å². The molecule has 1 heterocycles. The minimum atomic E-state index is -1.18. The first kappa shape index (κ1) is 27.4. The molecule has 3 unspecified atom stereocenters. The molecular weight excluding hydrogens is 512 g/mol. The van der Waals surface area contributed by atoms with Crippen molar-refractivity contribution in [2.45, 2.75) is 37.6 Å². The third kappa shape index (κ3) is 5.85. The second-order valence-corrected chi connectivity index (χ2v) is 9.91. The highest BCUT2D eigenvalue weighted by atomic mass is 16.5. The van der Waals surface area contributed by atoms with Crippen molar-refractivity contribution in [2.75, 3.05) is 26.4 Å². The van der Waals surface area contributed by atoms with Gasteiger partial charge >= 0.3 is 12.1 Å². The van der Waals surface area contributed by atoms with Crippen LogP contribution in [0.25, 0.3) is 11.1 Å². The number of nitrogens with zero attached hydrogens (tertiary/aromatic N) is 1. The van der Waals surface area contributed by atoms with Gasteiger partial charge in [-0.05, 0) is 34.7 Å². The molecule has 2 N–H and O–H groups in total. The van der Waals surface area contributed by atoms with Gasteiger partial charge in [0.15, 0.2) is 6.04 Å². The highest BCUT2D eigenvalue weighted by Gasteiger charge is 2.39. The van der Waals surface area contributed by atoms with Gasteiger partial charge in [-0.3, -0.25) is 4.79 Å². The Labute approximate surface area is 232 Å². The summed E-state index contributed by atoms with van der Waals surface area (Å²) in [6.45, 7) is 2.12. The minimum Gasteiger partial charge on any atom is -0.480 e. The number of amides is 2. The zero-order valence-electron chi connectivity index (χ0n) is 22.2. The number of alkyl carbamates (subject to hydrolysis) is 1. The molecule has 1 aliphatic carbocycles. The molecule has 208 valence electrons. The maximum Gasteiger partial charge on any atom is 0.407 e. The number of carboxylic acids is 1. The second kappa shape index (κ2) is 12.3. The molecule has 1 fully saturated rings. The molecular formula is C31H32N2O7. The van der Waals surface area contributed by atoms with E-state index in [9.17, 15) is 19.5 Å². The van der Waals surface area contributed by atoms with E-state index in [1.165, 1.54) is 4.90 Å². The van der Waals surface area contributed by atoms with Crippen LogP contribution in [0.1, 0.15) is 29.5 Å². The fourth-order valence-corrected chi connectivity index (χ4v) is 5.30. The number of carbonyl (C=O) groups is 3. The molecule has 2 aliphatic rings. The number of carboxylic acid groups (broad SMARTS) is 1. The summed E-state index contributed by atoms with van der Waals surface area (Å²) in [6, 6.07) is 23.1. The monoisotopic (exact) mass is 544 g/mol. The van der Waals surface area contributed by atoms with Gasteiger partial charge in [0.25, 0.3) is 0 Å². The molecule has 0 saturated carbocycles. The molecule has 0 aromatic heterocycles. The van der Waals surface area contributed by atoms with Gasteiger partial charge in [-0.25, -0.2) is 9.59 Å². The van der Waals surface area contributed by atoms with Crippen molar-refractivity contribution >= 4 is 18.0 Å². The van der Waals surface area contributed by atoms with Crippen LogP contribution in [-0.2, 0) is 30.4 Å². The van der Waals surface area contributed by atoms with Crippen molar-refractivity contribution in [3.63, 3.8) is 0 Å². The number of fused-ring (bicyclic) bond motifs is 3. The normalized spacial score (nSPS) is 17.8. The van der Waals surface area contributed by atoms with Crippen LogP contribution >= 0.6 is 0 Å². The van der Waals surface area contributed by atoms with Gasteiger partial charge < -0.3 is 29.5 Å². The summed E-state index contributed by atoms with van der Waals surface area (Å²) in [5.41, 5.74) is 5.25. The summed E-state index contributed by atoms with van der Waals surface area (Å²) in [4.78, 5) is 39.8. The number of rotatable bonds is 9. The molecule has 9 heteroatoms. The molecule has 0 spiro atoms. The van der Waals surface area contributed by atoms with E-state index in [4.69, 9.17) is 14.2 Å². The van der Waals surface area contributed by atoms with E-state index in [0.29, 0.717) is 0 Å². The van der Waals surface area contributed by atoms with Crippen LogP contribution in [0.3, 0.4) is 0 Å². The number of aliphatic carboxylic acids is 1. The minimum absolute atomic E-state index is 0.0787. The third-order valence-corrected chi connectivity index (χ3v) is 7.40. The van der Waals surface area contributed by atoms with E-state index < -0.39 is 36.2 Å². The molecule has 3 aromatic rings. The highest BCUT2D eigenvalue weighted by molar-refractivity contribution is 5.90. The lowest BCUT2D eigenvalue weighted by Crippen LogP contribution is -2.61. The van der Waals surface area contributed by atoms with E-state index in [2.05, 4.69) is 17.4 Å². The number of carbonyl (C=O) groups excluding carboxylic acids is 2. The number of nitrogens with one attached hydrogen (secondary N) is 1. The molecule has 0 radical (unpaired) electrons. The molecule has 1 saturated heterocycles. The Morgan fingerprint density at radius 2 is 1.60 bits per heavy atom. The summed E-state index contributed by atoms with van der Waals surface area (Å²) in [7, 11) is 0. The van der Waals surface area contributed by atoms with Crippen LogP contribution in [0, 0.1) is 0 Å². The smallest absolute Gasteiger partial charge is 0.407 e. The van der Waals surface area contributed by atoms with Gasteiger partial charge in [-0.2, -0.15) is 0 Å². The van der Waals surface area contributed by atoms with E-state index >= 15 is 0 Å². The van der Waals surface area contributed by atoms with Crippen LogP contribution in [0.15, 0.2) is 78.9 Å². The third-order valence-electron chi connectivity index (χ3n) is 7.40. The van der Waals surface area contributed by atoms with Crippen LogP contribution in [0.5, 0.6) is 0 Å². The summed E-state index contributed by atoms with van der Waals surface area (Å²) in [6.07, 6.45) is -1.55. The van der Waals surface area contributed by atoms with Crippen LogP contribution in [-0.4, -0.2) is 72.5 Å². The van der Waals surface area contributed by atoms with Crippen molar-refractivity contribution in [1.82, 2.24) is 10.2 Å². The van der Waals surface area contributed by atoms with E-state index in [0.717, 1.165) is 27.8 Å². The zero-order valence-corrected chi connectivity index (χ0v) is 22.2. The van der Waals surface area contributed by atoms with Crippen LogP contribution in [0.4, 0.5) is 4.79 Å². The number of hydrogen-bond acceptors (Lipinski definition) is 6. The first-order valence-electron chi connectivity index (χ1n) is 13.3. The lowest BCUT2D eigenvalue weighted by atomic mass is 9.98. The molecule has 2 amide bonds. The van der Waals surface area contributed by atoms with E-state index in [1.54, 1.807) is 6.92 Å². The van der Waals surface area contributed by atoms with E-state index in [1.807, 2.05) is 66.7 Å². The fourth-order valence-electron chi connectivity index (χ4n) is 5.30. The fraction of sp³-hybridized carbons (Fsp3) is 0.323. The van der Waals surface area contributed by atoms with E-state index in [-0.39, 0.29) is 38.9 Å². The summed E-state index contributed by atoms with van der Waals surface area (Å²) in [5, 5.41) is 12.3. The Morgan fingerprint density at radius 3 is 2.25 bits per heavy atom. The molecule has 5 rings (SSSR count). The number of ether oxygens (including phenoxy) is 3. The Kier molecular flexibility index (Phi) is 8.42. The summed E-state index contributed by atoms with van der Waals surface area (Å²) < 4.78 is 16.9. The average molecular weight is 545 g/mol. The molecule has 0 bridgehead atoms. The van der Waals surface area contributed by atoms with Crippen LogP contribution < -0.4 is 5.32 Å². The standard InChI is InChI=1S/C31H32N2O7/c1-20(39-17-21-9-3-2-4-10-21)28(29(34)33-15-16-38-19-27(33)30(35)36)32-31(37)40-18-26-24-13-7-5-11-22(24)23-12-6-8-14-25(23)26/h2-14,20,26-28H,15-19H2,1H3,(H,32,37)(H,35,36). The van der Waals surface area contributed by atoms with Crippen molar-refractivity contribution in [1.29, 1.82) is 0 Å². The topological polar surface area (TPSA) is 114 Å². The Balaban J connectivity index is 1.31. The molecule has 40 heavy (non-hydrogen) atoms. The molecule has 1 aliphatic heterocycles. The SMILES string of the molecule is CC(OCc1ccccc1)C(NC(=O)OCC1c2ccccc2-c2ccccc21)C(=O)N1CCOCC1C(=O)O. The van der Waals surface area contributed by atoms with Gasteiger partial charge in [0.1, 0.15) is 12.6 Å². The Hall–Kier alpha value is -4.21.